The Hall–Kier alpha value is -1.50. The lowest BCUT2D eigenvalue weighted by atomic mass is 9.64. The molecule has 0 amide bonds. The summed E-state index contributed by atoms with van der Waals surface area (Å²) in [6.45, 7) is 6.59. The molecule has 2 aromatic rings. The van der Waals surface area contributed by atoms with Gasteiger partial charge in [0.2, 0.25) is 0 Å². The van der Waals surface area contributed by atoms with Crippen molar-refractivity contribution in [3.05, 3.63) is 59.7 Å². The second kappa shape index (κ2) is 5.22. The molecule has 0 aliphatic rings. The number of rotatable bonds is 3. The summed E-state index contributed by atoms with van der Waals surface area (Å²) in [7, 11) is 1.03. The summed E-state index contributed by atoms with van der Waals surface area (Å²) in [6.07, 6.45) is 0. The summed E-state index contributed by atoms with van der Waals surface area (Å²) in [4.78, 5) is 0. The first-order valence-electron chi connectivity index (χ1n) is 6.29. The van der Waals surface area contributed by atoms with Gasteiger partial charge in [-0.05, 0) is 18.4 Å². The highest BCUT2D eigenvalue weighted by Crippen LogP contribution is 2.11. The first kappa shape index (κ1) is 12.0. The maximum atomic E-state index is 2.25. The fourth-order valence-electron chi connectivity index (χ4n) is 1.96. The molecule has 17 heavy (non-hydrogen) atoms. The van der Waals surface area contributed by atoms with E-state index >= 15 is 0 Å². The van der Waals surface area contributed by atoms with Crippen LogP contribution in [0.25, 0.3) is 0 Å². The van der Waals surface area contributed by atoms with Gasteiger partial charge in [-0.3, -0.25) is 0 Å². The van der Waals surface area contributed by atoms with Gasteiger partial charge in [-0.2, -0.15) is 0 Å². The molecule has 0 nitrogen and oxygen atoms in total. The van der Waals surface area contributed by atoms with Gasteiger partial charge in [0, 0.05) is 0 Å². The second-order valence-electron chi connectivity index (χ2n) is 5.06. The Balaban J connectivity index is 2.11. The van der Waals surface area contributed by atoms with Gasteiger partial charge in [0.1, 0.15) is 0 Å². The van der Waals surface area contributed by atoms with E-state index in [-0.39, 0.29) is 0 Å². The maximum absolute atomic E-state index is 2.25. The molecular formula is C16H19B. The van der Waals surface area contributed by atoms with Crippen LogP contribution in [0.5, 0.6) is 0 Å². The molecule has 0 spiro atoms. The van der Waals surface area contributed by atoms with E-state index in [1.807, 2.05) is 0 Å². The zero-order valence-electron chi connectivity index (χ0n) is 10.9. The van der Waals surface area contributed by atoms with E-state index in [0.717, 1.165) is 7.28 Å². The van der Waals surface area contributed by atoms with Crippen LogP contribution in [0.4, 0.5) is 0 Å². The number of hydrogen-bond acceptors (Lipinski definition) is 0. The predicted octanol–water partition coefficient (Wildman–Crippen LogP) is 2.51. The Morgan fingerprint density at radius 3 is 1.71 bits per heavy atom. The van der Waals surface area contributed by atoms with Gasteiger partial charge >= 0.3 is 0 Å². The minimum absolute atomic E-state index is 0.614. The molecule has 0 bridgehead atoms. The molecule has 0 aliphatic heterocycles. The van der Waals surface area contributed by atoms with Crippen molar-refractivity contribution in [2.75, 3.05) is 0 Å². The summed E-state index contributed by atoms with van der Waals surface area (Å²) in [6, 6.07) is 17.8. The Bertz CT molecular complexity index is 466. The molecule has 0 N–H and O–H groups in total. The van der Waals surface area contributed by atoms with E-state index < -0.39 is 0 Å². The van der Waals surface area contributed by atoms with Crippen LogP contribution in [-0.4, -0.2) is 7.28 Å². The summed E-state index contributed by atoms with van der Waals surface area (Å²) in [5, 5.41) is 0. The van der Waals surface area contributed by atoms with Crippen molar-refractivity contribution in [1.82, 2.24) is 0 Å². The second-order valence-corrected chi connectivity index (χ2v) is 5.06. The fourth-order valence-corrected chi connectivity index (χ4v) is 1.96. The summed E-state index contributed by atoms with van der Waals surface area (Å²) < 4.78 is 0. The van der Waals surface area contributed by atoms with Crippen molar-refractivity contribution in [1.29, 1.82) is 0 Å². The lowest BCUT2D eigenvalue weighted by Crippen LogP contribution is -2.26. The zero-order chi connectivity index (χ0) is 12.3. The van der Waals surface area contributed by atoms with E-state index in [4.69, 9.17) is 0 Å². The smallest absolute Gasteiger partial charge is 0.0785 e. The van der Waals surface area contributed by atoms with E-state index in [1.54, 1.807) is 0 Å². The zero-order valence-corrected chi connectivity index (χ0v) is 10.9. The van der Waals surface area contributed by atoms with Crippen molar-refractivity contribution in [3.63, 3.8) is 0 Å². The van der Waals surface area contributed by atoms with Gasteiger partial charge in [0.05, 0.1) is 0 Å². The molecule has 0 saturated carbocycles. The minimum atomic E-state index is 0.614. The van der Waals surface area contributed by atoms with Crippen molar-refractivity contribution in [2.24, 2.45) is 0 Å². The molecule has 0 radical (unpaired) electrons. The third-order valence-electron chi connectivity index (χ3n) is 3.18. The van der Waals surface area contributed by atoms with Gasteiger partial charge in [0.15, 0.2) is 7.28 Å². The van der Waals surface area contributed by atoms with Crippen LogP contribution in [0.3, 0.4) is 0 Å². The van der Waals surface area contributed by atoms with Crippen molar-refractivity contribution in [3.8, 4) is 0 Å². The van der Waals surface area contributed by atoms with Gasteiger partial charge in [-0.25, -0.2) is 0 Å². The van der Waals surface area contributed by atoms with Crippen LogP contribution in [0.2, 0.25) is 0 Å². The van der Waals surface area contributed by atoms with Gasteiger partial charge in [-0.1, -0.05) is 78.9 Å². The molecule has 2 aromatic carbocycles. The standard InChI is InChI=1S/C16H19B/c1-12(2)14-6-10-16(11-7-14)17-15-8-4-13(3)5-9-15/h4-12,17H,1-3H3. The molecule has 0 saturated heterocycles. The molecule has 0 atom stereocenters. The predicted molar refractivity (Wildman–Crippen MR) is 78.1 cm³/mol. The molecule has 86 valence electrons. The monoisotopic (exact) mass is 222 g/mol. The average Bonchev–Trinajstić information content (AvgIpc) is 2.33. The molecule has 0 heterocycles. The Morgan fingerprint density at radius 1 is 0.765 bits per heavy atom. The molecule has 0 unspecified atom stereocenters. The molecule has 1 heteroatoms. The van der Waals surface area contributed by atoms with Gasteiger partial charge in [0.25, 0.3) is 0 Å². The highest BCUT2D eigenvalue weighted by atomic mass is 14.0. The van der Waals surface area contributed by atoms with Crippen LogP contribution in [0.1, 0.15) is 30.9 Å². The third kappa shape index (κ3) is 3.23. The first-order chi connectivity index (χ1) is 8.15. The highest BCUT2D eigenvalue weighted by molar-refractivity contribution is 6.67. The number of benzene rings is 2. The van der Waals surface area contributed by atoms with Gasteiger partial charge < -0.3 is 0 Å². The maximum Gasteiger partial charge on any atom is 0.192 e. The van der Waals surface area contributed by atoms with Crippen molar-refractivity contribution in [2.45, 2.75) is 26.7 Å². The summed E-state index contributed by atoms with van der Waals surface area (Å²) >= 11 is 0. The van der Waals surface area contributed by atoms with Crippen LogP contribution >= 0.6 is 0 Å². The van der Waals surface area contributed by atoms with Crippen molar-refractivity contribution < 1.29 is 0 Å². The normalized spacial score (nSPS) is 10.6. The van der Waals surface area contributed by atoms with E-state index in [9.17, 15) is 0 Å². The molecule has 0 aliphatic carbocycles. The highest BCUT2D eigenvalue weighted by Gasteiger charge is 2.01. The van der Waals surface area contributed by atoms with E-state index in [2.05, 4.69) is 69.3 Å². The van der Waals surface area contributed by atoms with Crippen LogP contribution < -0.4 is 10.9 Å². The van der Waals surface area contributed by atoms with Gasteiger partial charge in [-0.15, -0.1) is 0 Å². The largest absolute Gasteiger partial charge is 0.192 e. The third-order valence-corrected chi connectivity index (χ3v) is 3.18. The van der Waals surface area contributed by atoms with E-state index in [1.165, 1.54) is 22.1 Å². The van der Waals surface area contributed by atoms with E-state index in [0.29, 0.717) is 5.92 Å². The number of hydrogen-bond donors (Lipinski definition) is 0. The SMILES string of the molecule is Cc1ccc(Bc2ccc(C(C)C)cc2)cc1. The fraction of sp³-hybridized carbons (Fsp3) is 0.250. The number of aryl methyl sites for hydroxylation is 1. The lowest BCUT2D eigenvalue weighted by molar-refractivity contribution is 0.867. The summed E-state index contributed by atoms with van der Waals surface area (Å²) in [5.74, 6) is 0.614. The van der Waals surface area contributed by atoms with Crippen molar-refractivity contribution >= 4 is 18.2 Å². The Kier molecular flexibility index (Phi) is 3.68. The lowest BCUT2D eigenvalue weighted by Gasteiger charge is -2.06. The molecular weight excluding hydrogens is 203 g/mol. The van der Waals surface area contributed by atoms with Crippen LogP contribution in [-0.2, 0) is 0 Å². The topological polar surface area (TPSA) is 0 Å². The molecule has 0 aromatic heterocycles. The minimum Gasteiger partial charge on any atom is -0.0785 e. The molecule has 0 fully saturated rings. The molecule has 2 rings (SSSR count). The van der Waals surface area contributed by atoms with Crippen LogP contribution in [0.15, 0.2) is 48.5 Å². The average molecular weight is 222 g/mol. The van der Waals surface area contributed by atoms with Crippen LogP contribution in [0, 0.1) is 6.92 Å². The quantitative estimate of drug-likeness (QED) is 0.700. The Labute approximate surface area is 105 Å². The first-order valence-corrected chi connectivity index (χ1v) is 6.29. The summed E-state index contributed by atoms with van der Waals surface area (Å²) in [5.41, 5.74) is 5.51. The Morgan fingerprint density at radius 2 is 1.24 bits per heavy atom.